The zero-order valence-electron chi connectivity index (χ0n) is 16.8. The van der Waals surface area contributed by atoms with Crippen molar-refractivity contribution in [2.75, 3.05) is 17.2 Å². The van der Waals surface area contributed by atoms with Gasteiger partial charge in [0.25, 0.3) is 5.91 Å². The van der Waals surface area contributed by atoms with Crippen LogP contribution >= 0.6 is 0 Å². The predicted octanol–water partition coefficient (Wildman–Crippen LogP) is 4.41. The highest BCUT2D eigenvalue weighted by Gasteiger charge is 2.12. The third kappa shape index (κ3) is 6.49. The molecule has 3 N–H and O–H groups in total. The molecule has 0 radical (unpaired) electrons. The maximum absolute atomic E-state index is 13.6. The van der Waals surface area contributed by atoms with Gasteiger partial charge < -0.3 is 20.7 Å². The first-order valence-corrected chi connectivity index (χ1v) is 9.61. The molecule has 3 aromatic carbocycles. The molecule has 3 aromatic rings. The van der Waals surface area contributed by atoms with Crippen molar-refractivity contribution in [3.05, 3.63) is 89.7 Å². The van der Waals surface area contributed by atoms with E-state index in [9.17, 15) is 22.8 Å². The zero-order chi connectivity index (χ0) is 22.9. The third-order valence-corrected chi connectivity index (χ3v) is 4.37. The van der Waals surface area contributed by atoms with E-state index in [4.69, 9.17) is 0 Å². The van der Waals surface area contributed by atoms with Crippen molar-refractivity contribution in [3.63, 3.8) is 0 Å². The fourth-order valence-corrected chi connectivity index (χ4v) is 2.80. The summed E-state index contributed by atoms with van der Waals surface area (Å²) >= 11 is 0. The van der Waals surface area contributed by atoms with E-state index in [2.05, 4.69) is 20.7 Å². The molecule has 6 nitrogen and oxygen atoms in total. The molecule has 0 spiro atoms. The fraction of sp³-hybridized carbons (Fsp3) is 0.130. The molecule has 0 fully saturated rings. The molecule has 0 atom stereocenters. The quantitative estimate of drug-likeness (QED) is 0.458. The molecule has 166 valence electrons. The van der Waals surface area contributed by atoms with Gasteiger partial charge in [0.05, 0.1) is 12.2 Å². The Hall–Kier alpha value is -4.01. The molecule has 0 aromatic heterocycles. The molecule has 2 amide bonds. The number of ether oxygens (including phenoxy) is 1. The van der Waals surface area contributed by atoms with Gasteiger partial charge in [0.15, 0.2) is 0 Å². The van der Waals surface area contributed by atoms with Crippen LogP contribution in [-0.2, 0) is 11.3 Å². The number of carbonyl (C=O) groups excluding carboxylic acids is 2. The fourth-order valence-electron chi connectivity index (χ4n) is 2.80. The van der Waals surface area contributed by atoms with Crippen LogP contribution in [0.3, 0.4) is 0 Å². The van der Waals surface area contributed by atoms with Gasteiger partial charge in [-0.2, -0.15) is 8.78 Å². The Morgan fingerprint density at radius 2 is 1.59 bits per heavy atom. The summed E-state index contributed by atoms with van der Waals surface area (Å²) in [5.41, 5.74) is 1.45. The molecule has 0 saturated carbocycles. The van der Waals surface area contributed by atoms with E-state index in [1.807, 2.05) is 0 Å². The van der Waals surface area contributed by atoms with Gasteiger partial charge in [-0.25, -0.2) is 4.39 Å². The third-order valence-electron chi connectivity index (χ3n) is 4.37. The molecule has 0 saturated heterocycles. The van der Waals surface area contributed by atoms with Crippen LogP contribution in [0.5, 0.6) is 5.75 Å². The van der Waals surface area contributed by atoms with Crippen LogP contribution in [0.4, 0.5) is 24.5 Å². The number of para-hydroxylation sites is 2. The largest absolute Gasteiger partial charge is 0.433 e. The highest BCUT2D eigenvalue weighted by Crippen LogP contribution is 2.25. The van der Waals surface area contributed by atoms with Gasteiger partial charge in [0, 0.05) is 23.4 Å². The van der Waals surface area contributed by atoms with Crippen LogP contribution in [0.15, 0.2) is 72.8 Å². The topological polar surface area (TPSA) is 79.5 Å². The SMILES string of the molecule is O=C(CNc1ccc(C(=O)NCc2ccccc2F)cc1)Nc1ccccc1OC(F)F. The molecule has 0 bridgehead atoms. The van der Waals surface area contributed by atoms with E-state index < -0.39 is 18.3 Å². The highest BCUT2D eigenvalue weighted by molar-refractivity contribution is 5.96. The van der Waals surface area contributed by atoms with Crippen molar-refractivity contribution in [1.29, 1.82) is 0 Å². The first-order valence-electron chi connectivity index (χ1n) is 9.61. The average Bonchev–Trinajstić information content (AvgIpc) is 2.78. The molecular formula is C23H20F3N3O3. The molecule has 0 aliphatic rings. The lowest BCUT2D eigenvalue weighted by Gasteiger charge is -2.12. The minimum Gasteiger partial charge on any atom is -0.433 e. The Labute approximate surface area is 182 Å². The number of nitrogens with one attached hydrogen (secondary N) is 3. The first-order chi connectivity index (χ1) is 15.4. The summed E-state index contributed by atoms with van der Waals surface area (Å²) in [6.07, 6.45) is 0. The smallest absolute Gasteiger partial charge is 0.387 e. The summed E-state index contributed by atoms with van der Waals surface area (Å²) in [5, 5.41) is 8.02. The van der Waals surface area contributed by atoms with Gasteiger partial charge in [-0.1, -0.05) is 30.3 Å². The molecule has 0 aliphatic heterocycles. The second kappa shape index (κ2) is 10.9. The van der Waals surface area contributed by atoms with Crippen LogP contribution in [0, 0.1) is 5.82 Å². The maximum Gasteiger partial charge on any atom is 0.387 e. The van der Waals surface area contributed by atoms with Gasteiger partial charge in [0.1, 0.15) is 11.6 Å². The van der Waals surface area contributed by atoms with Crippen molar-refractivity contribution in [2.45, 2.75) is 13.2 Å². The van der Waals surface area contributed by atoms with Gasteiger partial charge >= 0.3 is 6.61 Å². The van der Waals surface area contributed by atoms with E-state index in [0.717, 1.165) is 0 Å². The summed E-state index contributed by atoms with van der Waals surface area (Å²) in [7, 11) is 0. The number of rotatable bonds is 9. The minimum absolute atomic E-state index is 0.0580. The first kappa shape index (κ1) is 22.7. The van der Waals surface area contributed by atoms with Gasteiger partial charge in [-0.15, -0.1) is 0 Å². The van der Waals surface area contributed by atoms with Crippen molar-refractivity contribution >= 4 is 23.2 Å². The van der Waals surface area contributed by atoms with E-state index >= 15 is 0 Å². The summed E-state index contributed by atoms with van der Waals surface area (Å²) in [5.74, 6) is -1.37. The number of hydrogen-bond acceptors (Lipinski definition) is 4. The summed E-state index contributed by atoms with van der Waals surface area (Å²) < 4.78 is 42.9. The Kier molecular flexibility index (Phi) is 7.69. The molecule has 9 heteroatoms. The van der Waals surface area contributed by atoms with Crippen molar-refractivity contribution < 1.29 is 27.5 Å². The number of anilines is 2. The number of carbonyl (C=O) groups is 2. The Morgan fingerprint density at radius 3 is 2.31 bits per heavy atom. The second-order valence-corrected chi connectivity index (χ2v) is 6.63. The van der Waals surface area contributed by atoms with E-state index in [1.165, 1.54) is 24.3 Å². The van der Waals surface area contributed by atoms with Gasteiger partial charge in [-0.3, -0.25) is 9.59 Å². The summed E-state index contributed by atoms with van der Waals surface area (Å²) in [6, 6.07) is 18.4. The number of amides is 2. The molecule has 0 unspecified atom stereocenters. The van der Waals surface area contributed by atoms with E-state index in [0.29, 0.717) is 16.8 Å². The standard InChI is InChI=1S/C23H20F3N3O3/c24-18-6-2-1-5-16(18)13-28-22(31)15-9-11-17(12-10-15)27-14-21(30)29-19-7-3-4-8-20(19)32-23(25)26/h1-12,23,27H,13-14H2,(H,28,31)(H,29,30). The Bertz CT molecular complexity index is 1080. The maximum atomic E-state index is 13.6. The zero-order valence-corrected chi connectivity index (χ0v) is 16.8. The Morgan fingerprint density at radius 1 is 0.906 bits per heavy atom. The second-order valence-electron chi connectivity index (χ2n) is 6.63. The lowest BCUT2D eigenvalue weighted by molar-refractivity contribution is -0.114. The van der Waals surface area contributed by atoms with Gasteiger partial charge in [0.2, 0.25) is 5.91 Å². The average molecular weight is 443 g/mol. The van der Waals surface area contributed by atoms with Crippen LogP contribution in [0.25, 0.3) is 0 Å². The van der Waals surface area contributed by atoms with E-state index in [-0.39, 0.29) is 30.4 Å². The molecule has 32 heavy (non-hydrogen) atoms. The molecular weight excluding hydrogens is 423 g/mol. The number of alkyl halides is 2. The van der Waals surface area contributed by atoms with Gasteiger partial charge in [-0.05, 0) is 42.5 Å². The summed E-state index contributed by atoms with van der Waals surface area (Å²) in [4.78, 5) is 24.4. The lowest BCUT2D eigenvalue weighted by Crippen LogP contribution is -2.23. The lowest BCUT2D eigenvalue weighted by atomic mass is 10.1. The molecule has 0 heterocycles. The molecule has 0 aliphatic carbocycles. The van der Waals surface area contributed by atoms with Crippen molar-refractivity contribution in [2.24, 2.45) is 0 Å². The van der Waals surface area contributed by atoms with Crippen molar-refractivity contribution in [3.8, 4) is 5.75 Å². The Balaban J connectivity index is 1.50. The molecule has 3 rings (SSSR count). The van der Waals surface area contributed by atoms with Crippen molar-refractivity contribution in [1.82, 2.24) is 5.32 Å². The van der Waals surface area contributed by atoms with E-state index in [1.54, 1.807) is 48.5 Å². The normalized spacial score (nSPS) is 10.5. The number of hydrogen-bond donors (Lipinski definition) is 3. The van der Waals surface area contributed by atoms with Crippen LogP contribution in [0.2, 0.25) is 0 Å². The number of halogens is 3. The summed E-state index contributed by atoms with van der Waals surface area (Å²) in [6.45, 7) is -3.09. The van der Waals surface area contributed by atoms with Crippen LogP contribution in [0.1, 0.15) is 15.9 Å². The van der Waals surface area contributed by atoms with Crippen LogP contribution < -0.4 is 20.7 Å². The number of benzene rings is 3. The minimum atomic E-state index is -3.01. The monoisotopic (exact) mass is 443 g/mol. The highest BCUT2D eigenvalue weighted by atomic mass is 19.3. The van der Waals surface area contributed by atoms with Crippen LogP contribution in [-0.4, -0.2) is 25.0 Å². The predicted molar refractivity (Wildman–Crippen MR) is 114 cm³/mol.